The highest BCUT2D eigenvalue weighted by Gasteiger charge is 2.20. The lowest BCUT2D eigenvalue weighted by Gasteiger charge is -2.28. The van der Waals surface area contributed by atoms with Crippen molar-refractivity contribution < 1.29 is 4.79 Å². The summed E-state index contributed by atoms with van der Waals surface area (Å²) in [5.41, 5.74) is 5.69. The molecule has 84 valence electrons. The van der Waals surface area contributed by atoms with Crippen molar-refractivity contribution in [1.29, 1.82) is 0 Å². The van der Waals surface area contributed by atoms with Crippen LogP contribution in [0.25, 0.3) is 0 Å². The van der Waals surface area contributed by atoms with Crippen molar-refractivity contribution in [1.82, 2.24) is 4.90 Å². The molecular weight excluding hydrogens is 176 g/mol. The third-order valence-electron chi connectivity index (χ3n) is 2.58. The van der Waals surface area contributed by atoms with Crippen LogP contribution in [0.4, 0.5) is 0 Å². The highest BCUT2D eigenvalue weighted by Crippen LogP contribution is 2.10. The van der Waals surface area contributed by atoms with Crippen molar-refractivity contribution in [3.63, 3.8) is 0 Å². The van der Waals surface area contributed by atoms with Gasteiger partial charge in [-0.25, -0.2) is 0 Å². The minimum atomic E-state index is -0.338. The molecule has 0 aliphatic heterocycles. The van der Waals surface area contributed by atoms with Crippen LogP contribution in [0.5, 0.6) is 0 Å². The molecule has 14 heavy (non-hydrogen) atoms. The summed E-state index contributed by atoms with van der Waals surface area (Å²) in [5.74, 6) is 0.666. The topological polar surface area (TPSA) is 46.3 Å². The van der Waals surface area contributed by atoms with E-state index in [1.54, 1.807) is 4.90 Å². The van der Waals surface area contributed by atoms with Gasteiger partial charge in [-0.2, -0.15) is 0 Å². The molecule has 2 atom stereocenters. The second-order valence-corrected chi connectivity index (χ2v) is 4.44. The van der Waals surface area contributed by atoms with Crippen LogP contribution in [-0.4, -0.2) is 29.9 Å². The molecule has 0 aromatic heterocycles. The maximum absolute atomic E-state index is 11.7. The SMILES string of the molecule is CCC(N)C(=O)N(C)C(C)CC(C)C. The van der Waals surface area contributed by atoms with Gasteiger partial charge in [-0.15, -0.1) is 0 Å². The Bertz CT molecular complexity index is 180. The number of hydrogen-bond acceptors (Lipinski definition) is 2. The fraction of sp³-hybridized carbons (Fsp3) is 0.909. The van der Waals surface area contributed by atoms with Crippen molar-refractivity contribution in [2.45, 2.75) is 52.6 Å². The van der Waals surface area contributed by atoms with Gasteiger partial charge in [-0.3, -0.25) is 4.79 Å². The molecule has 0 saturated heterocycles. The quantitative estimate of drug-likeness (QED) is 0.733. The van der Waals surface area contributed by atoms with Gasteiger partial charge < -0.3 is 10.6 Å². The summed E-state index contributed by atoms with van der Waals surface area (Å²) in [6.07, 6.45) is 1.73. The van der Waals surface area contributed by atoms with Gasteiger partial charge >= 0.3 is 0 Å². The Morgan fingerprint density at radius 2 is 1.86 bits per heavy atom. The third-order valence-corrected chi connectivity index (χ3v) is 2.58. The van der Waals surface area contributed by atoms with Gasteiger partial charge in [0.05, 0.1) is 6.04 Å². The van der Waals surface area contributed by atoms with Gasteiger partial charge in [-0.1, -0.05) is 20.8 Å². The molecule has 2 unspecified atom stereocenters. The van der Waals surface area contributed by atoms with E-state index in [0.717, 1.165) is 6.42 Å². The molecule has 0 rings (SSSR count). The van der Waals surface area contributed by atoms with E-state index in [4.69, 9.17) is 5.73 Å². The van der Waals surface area contributed by atoms with Crippen LogP contribution < -0.4 is 5.73 Å². The Hall–Kier alpha value is -0.570. The molecule has 0 bridgehead atoms. The Kier molecular flexibility index (Phi) is 5.77. The van der Waals surface area contributed by atoms with Crippen molar-refractivity contribution in [2.75, 3.05) is 7.05 Å². The fourth-order valence-corrected chi connectivity index (χ4v) is 1.49. The molecule has 0 aliphatic carbocycles. The molecule has 3 heteroatoms. The first-order chi connectivity index (χ1) is 6.40. The molecule has 1 amide bonds. The molecule has 0 radical (unpaired) electrons. The zero-order valence-electron chi connectivity index (χ0n) is 10.1. The van der Waals surface area contributed by atoms with E-state index in [1.165, 1.54) is 0 Å². The minimum absolute atomic E-state index is 0.0562. The van der Waals surface area contributed by atoms with Crippen molar-refractivity contribution in [3.05, 3.63) is 0 Å². The normalized spacial score (nSPS) is 15.4. The number of amides is 1. The van der Waals surface area contributed by atoms with Gasteiger partial charge in [0.1, 0.15) is 0 Å². The molecule has 0 aromatic rings. The van der Waals surface area contributed by atoms with E-state index in [9.17, 15) is 4.79 Å². The monoisotopic (exact) mass is 200 g/mol. The van der Waals surface area contributed by atoms with Gasteiger partial charge in [0.15, 0.2) is 0 Å². The maximum atomic E-state index is 11.7. The van der Waals surface area contributed by atoms with E-state index in [-0.39, 0.29) is 18.0 Å². The van der Waals surface area contributed by atoms with E-state index in [2.05, 4.69) is 20.8 Å². The maximum Gasteiger partial charge on any atom is 0.239 e. The second-order valence-electron chi connectivity index (χ2n) is 4.44. The summed E-state index contributed by atoms with van der Waals surface area (Å²) < 4.78 is 0. The number of hydrogen-bond donors (Lipinski definition) is 1. The molecule has 0 aliphatic rings. The van der Waals surface area contributed by atoms with E-state index < -0.39 is 0 Å². The largest absolute Gasteiger partial charge is 0.342 e. The first-order valence-electron chi connectivity index (χ1n) is 5.42. The van der Waals surface area contributed by atoms with Crippen molar-refractivity contribution in [2.24, 2.45) is 11.7 Å². The van der Waals surface area contributed by atoms with Gasteiger partial charge in [0.2, 0.25) is 5.91 Å². The number of likely N-dealkylation sites (N-methyl/N-ethyl adjacent to an activating group) is 1. The van der Waals surface area contributed by atoms with Crippen LogP contribution >= 0.6 is 0 Å². The highest BCUT2D eigenvalue weighted by molar-refractivity contribution is 5.81. The summed E-state index contributed by atoms with van der Waals surface area (Å²) in [4.78, 5) is 13.5. The molecule has 0 spiro atoms. The molecule has 2 N–H and O–H groups in total. The van der Waals surface area contributed by atoms with Gasteiger partial charge in [0.25, 0.3) is 0 Å². The van der Waals surface area contributed by atoms with Crippen LogP contribution in [-0.2, 0) is 4.79 Å². The first-order valence-corrected chi connectivity index (χ1v) is 5.42. The summed E-state index contributed by atoms with van der Waals surface area (Å²) in [7, 11) is 1.84. The lowest BCUT2D eigenvalue weighted by molar-refractivity contribution is -0.133. The summed E-state index contributed by atoms with van der Waals surface area (Å²) >= 11 is 0. The molecule has 3 nitrogen and oxygen atoms in total. The van der Waals surface area contributed by atoms with Crippen molar-refractivity contribution >= 4 is 5.91 Å². The number of carbonyl (C=O) groups is 1. The molecule has 0 fully saturated rings. The van der Waals surface area contributed by atoms with E-state index in [1.807, 2.05) is 14.0 Å². The molecular formula is C11H24N2O. The third kappa shape index (κ3) is 4.09. The summed E-state index contributed by atoms with van der Waals surface area (Å²) in [6, 6.07) is -0.0605. The van der Waals surface area contributed by atoms with Gasteiger partial charge in [0, 0.05) is 13.1 Å². The lowest BCUT2D eigenvalue weighted by Crippen LogP contribution is -2.45. The smallest absolute Gasteiger partial charge is 0.239 e. The van der Waals surface area contributed by atoms with Crippen LogP contribution in [0.15, 0.2) is 0 Å². The van der Waals surface area contributed by atoms with Crippen LogP contribution in [0.3, 0.4) is 0 Å². The summed E-state index contributed by atoms with van der Waals surface area (Å²) in [5, 5.41) is 0. The summed E-state index contributed by atoms with van der Waals surface area (Å²) in [6.45, 7) is 8.33. The molecule has 0 aromatic carbocycles. The van der Waals surface area contributed by atoms with Crippen LogP contribution in [0.1, 0.15) is 40.5 Å². The fourth-order valence-electron chi connectivity index (χ4n) is 1.49. The Balaban J connectivity index is 4.16. The standard InChI is InChI=1S/C11H24N2O/c1-6-10(12)11(14)13(5)9(4)7-8(2)3/h8-10H,6-7,12H2,1-5H3. The predicted octanol–water partition coefficient (Wildman–Crippen LogP) is 1.62. The average molecular weight is 200 g/mol. The number of nitrogens with zero attached hydrogens (tertiary/aromatic N) is 1. The predicted molar refractivity (Wildman–Crippen MR) is 60.0 cm³/mol. The van der Waals surface area contributed by atoms with E-state index >= 15 is 0 Å². The number of rotatable bonds is 5. The van der Waals surface area contributed by atoms with Crippen LogP contribution in [0.2, 0.25) is 0 Å². The zero-order chi connectivity index (χ0) is 11.3. The second kappa shape index (κ2) is 6.02. The molecule has 0 saturated carbocycles. The Morgan fingerprint density at radius 1 is 1.36 bits per heavy atom. The van der Waals surface area contributed by atoms with Gasteiger partial charge in [-0.05, 0) is 25.7 Å². The zero-order valence-corrected chi connectivity index (χ0v) is 10.1. The average Bonchev–Trinajstić information content (AvgIpc) is 2.13. The first kappa shape index (κ1) is 13.4. The lowest BCUT2D eigenvalue weighted by atomic mass is 10.0. The molecule has 0 heterocycles. The van der Waals surface area contributed by atoms with E-state index in [0.29, 0.717) is 12.3 Å². The minimum Gasteiger partial charge on any atom is -0.342 e. The Labute approximate surface area is 87.6 Å². The number of carbonyl (C=O) groups excluding carboxylic acids is 1. The van der Waals surface area contributed by atoms with Crippen molar-refractivity contribution in [3.8, 4) is 0 Å². The highest BCUT2D eigenvalue weighted by atomic mass is 16.2. The number of nitrogens with two attached hydrogens (primary N) is 1. The van der Waals surface area contributed by atoms with Crippen LogP contribution in [0, 0.1) is 5.92 Å². The Morgan fingerprint density at radius 3 is 2.21 bits per heavy atom.